The lowest BCUT2D eigenvalue weighted by atomic mass is 10.0. The molecule has 15 heavy (non-hydrogen) atoms. The Labute approximate surface area is 87.2 Å². The summed E-state index contributed by atoms with van der Waals surface area (Å²) >= 11 is 0. The average molecular weight is 205 g/mol. The van der Waals surface area contributed by atoms with Crippen molar-refractivity contribution in [2.24, 2.45) is 0 Å². The van der Waals surface area contributed by atoms with E-state index in [1.54, 1.807) is 31.3 Å². The third-order valence-corrected chi connectivity index (χ3v) is 2.31. The zero-order valence-corrected chi connectivity index (χ0v) is 8.25. The van der Waals surface area contributed by atoms with Gasteiger partial charge in [0.15, 0.2) is 6.10 Å². The summed E-state index contributed by atoms with van der Waals surface area (Å²) in [6.45, 7) is 1.75. The van der Waals surface area contributed by atoms with E-state index >= 15 is 0 Å². The minimum absolute atomic E-state index is 0.410. The number of pyridine rings is 1. The fourth-order valence-corrected chi connectivity index (χ4v) is 1.54. The second-order valence-corrected chi connectivity index (χ2v) is 3.45. The molecule has 0 aliphatic carbocycles. The Bertz CT molecular complexity index is 400. The predicted octanol–water partition coefficient (Wildman–Crippen LogP) is 0.987. The Hall–Kier alpha value is -1.68. The van der Waals surface area contributed by atoms with E-state index in [2.05, 4.69) is 4.98 Å². The summed E-state index contributed by atoms with van der Waals surface area (Å²) in [5.74, 6) is -0.410. The van der Waals surface area contributed by atoms with Crippen molar-refractivity contribution in [1.82, 2.24) is 4.98 Å². The maximum absolute atomic E-state index is 11.0. The van der Waals surface area contributed by atoms with E-state index < -0.39 is 18.2 Å². The molecule has 0 amide bonds. The van der Waals surface area contributed by atoms with Crippen molar-refractivity contribution in [3.8, 4) is 0 Å². The monoisotopic (exact) mass is 205 g/mol. The summed E-state index contributed by atoms with van der Waals surface area (Å²) in [7, 11) is 0. The molecular formula is C11H11NO3. The summed E-state index contributed by atoms with van der Waals surface area (Å²) in [4.78, 5) is 15.0. The minimum atomic E-state index is -0.895. The highest BCUT2D eigenvalue weighted by Crippen LogP contribution is 2.26. The summed E-state index contributed by atoms with van der Waals surface area (Å²) in [6.07, 6.45) is 1.48. The van der Waals surface area contributed by atoms with E-state index in [0.29, 0.717) is 5.69 Å². The van der Waals surface area contributed by atoms with E-state index in [4.69, 9.17) is 4.74 Å². The molecule has 78 valence electrons. The van der Waals surface area contributed by atoms with Gasteiger partial charge in [-0.1, -0.05) is 6.07 Å². The van der Waals surface area contributed by atoms with Gasteiger partial charge < -0.3 is 9.84 Å². The van der Waals surface area contributed by atoms with Crippen LogP contribution in [0.25, 0.3) is 0 Å². The van der Waals surface area contributed by atoms with Gasteiger partial charge in [-0.05, 0) is 24.6 Å². The molecule has 2 rings (SSSR count). The molecule has 0 radical (unpaired) electrons. The third-order valence-electron chi connectivity index (χ3n) is 2.31. The number of aliphatic hydroxyl groups excluding tert-OH is 1. The number of esters is 1. The molecule has 1 aliphatic rings. The molecular weight excluding hydrogens is 194 g/mol. The summed E-state index contributed by atoms with van der Waals surface area (Å²) in [5.41, 5.74) is 1.23. The molecule has 0 saturated heterocycles. The van der Waals surface area contributed by atoms with Crippen LogP contribution >= 0.6 is 0 Å². The highest BCUT2D eigenvalue weighted by Gasteiger charge is 2.31. The van der Waals surface area contributed by atoms with Gasteiger partial charge >= 0.3 is 5.97 Å². The van der Waals surface area contributed by atoms with Gasteiger partial charge in [-0.15, -0.1) is 0 Å². The predicted molar refractivity (Wildman–Crippen MR) is 52.8 cm³/mol. The Morgan fingerprint density at radius 1 is 1.53 bits per heavy atom. The van der Waals surface area contributed by atoms with Crippen molar-refractivity contribution < 1.29 is 14.6 Å². The second kappa shape index (κ2) is 3.82. The maximum atomic E-state index is 11.0. The molecule has 1 aromatic heterocycles. The summed E-state index contributed by atoms with van der Waals surface area (Å²) in [5, 5.41) is 9.93. The molecule has 4 heteroatoms. The number of aliphatic hydroxyl groups is 1. The lowest BCUT2D eigenvalue weighted by molar-refractivity contribution is -0.143. The van der Waals surface area contributed by atoms with Crippen LogP contribution < -0.4 is 0 Å². The van der Waals surface area contributed by atoms with Crippen molar-refractivity contribution in [3.05, 3.63) is 41.7 Å². The van der Waals surface area contributed by atoms with Gasteiger partial charge in [0.1, 0.15) is 6.10 Å². The van der Waals surface area contributed by atoms with Gasteiger partial charge in [-0.2, -0.15) is 0 Å². The first-order chi connectivity index (χ1) is 7.18. The van der Waals surface area contributed by atoms with Gasteiger partial charge in [-0.3, -0.25) is 4.98 Å². The fourth-order valence-electron chi connectivity index (χ4n) is 1.54. The lowest BCUT2D eigenvalue weighted by Crippen LogP contribution is -2.21. The molecule has 2 heterocycles. The molecule has 0 bridgehead atoms. The first-order valence-electron chi connectivity index (χ1n) is 4.66. The van der Waals surface area contributed by atoms with Gasteiger partial charge in [0.2, 0.25) is 0 Å². The van der Waals surface area contributed by atoms with Crippen LogP contribution in [-0.2, 0) is 9.53 Å². The van der Waals surface area contributed by atoms with Crippen LogP contribution in [0.4, 0.5) is 0 Å². The number of rotatable bonds is 2. The van der Waals surface area contributed by atoms with Gasteiger partial charge in [0, 0.05) is 12.3 Å². The lowest BCUT2D eigenvalue weighted by Gasteiger charge is -2.18. The van der Waals surface area contributed by atoms with Crippen molar-refractivity contribution in [1.29, 1.82) is 0 Å². The number of carbonyl (C=O) groups is 1. The van der Waals surface area contributed by atoms with Crippen LogP contribution in [0.1, 0.15) is 18.7 Å². The average Bonchev–Trinajstić information content (AvgIpc) is 2.58. The molecule has 0 spiro atoms. The van der Waals surface area contributed by atoms with E-state index in [9.17, 15) is 9.90 Å². The van der Waals surface area contributed by atoms with Gasteiger partial charge in [-0.25, -0.2) is 4.79 Å². The zero-order valence-electron chi connectivity index (χ0n) is 8.25. The Balaban J connectivity index is 2.20. The van der Waals surface area contributed by atoms with Crippen LogP contribution in [0.2, 0.25) is 0 Å². The quantitative estimate of drug-likeness (QED) is 0.731. The highest BCUT2D eigenvalue weighted by atomic mass is 16.6. The molecule has 0 saturated carbocycles. The molecule has 0 unspecified atom stereocenters. The van der Waals surface area contributed by atoms with E-state index in [-0.39, 0.29) is 0 Å². The van der Waals surface area contributed by atoms with Crippen molar-refractivity contribution in [3.63, 3.8) is 0 Å². The van der Waals surface area contributed by atoms with Crippen LogP contribution in [0.5, 0.6) is 0 Å². The first kappa shape index (κ1) is 9.86. The van der Waals surface area contributed by atoms with Crippen LogP contribution in [0.3, 0.4) is 0 Å². The van der Waals surface area contributed by atoms with Crippen molar-refractivity contribution in [2.45, 2.75) is 19.1 Å². The Kier molecular flexibility index (Phi) is 2.51. The molecule has 4 nitrogen and oxygen atoms in total. The summed E-state index contributed by atoms with van der Waals surface area (Å²) < 4.78 is 4.97. The highest BCUT2D eigenvalue weighted by molar-refractivity contribution is 5.85. The summed E-state index contributed by atoms with van der Waals surface area (Å²) in [6, 6.07) is 5.24. The molecule has 0 fully saturated rings. The van der Waals surface area contributed by atoms with Crippen LogP contribution in [0, 0.1) is 0 Å². The first-order valence-corrected chi connectivity index (χ1v) is 4.66. The maximum Gasteiger partial charge on any atom is 0.331 e. The van der Waals surface area contributed by atoms with Gasteiger partial charge in [0.25, 0.3) is 0 Å². The largest absolute Gasteiger partial charge is 0.451 e. The van der Waals surface area contributed by atoms with Crippen LogP contribution in [-0.4, -0.2) is 22.2 Å². The minimum Gasteiger partial charge on any atom is -0.451 e. The van der Waals surface area contributed by atoms with Crippen molar-refractivity contribution in [2.75, 3.05) is 0 Å². The SMILES string of the molecule is CC1=CC(=O)O[C@@H]1[C@H](O)c1ccccn1. The number of hydrogen-bond donors (Lipinski definition) is 1. The molecule has 0 aromatic carbocycles. The number of ether oxygens (including phenoxy) is 1. The Morgan fingerprint density at radius 3 is 2.87 bits per heavy atom. The normalized spacial score (nSPS) is 22.1. The van der Waals surface area contributed by atoms with Crippen molar-refractivity contribution >= 4 is 5.97 Å². The molecule has 1 N–H and O–H groups in total. The number of nitrogens with zero attached hydrogens (tertiary/aromatic N) is 1. The van der Waals surface area contributed by atoms with Crippen LogP contribution in [0.15, 0.2) is 36.0 Å². The number of aromatic nitrogens is 1. The fraction of sp³-hybridized carbons (Fsp3) is 0.273. The zero-order chi connectivity index (χ0) is 10.8. The topological polar surface area (TPSA) is 59.4 Å². The number of carbonyl (C=O) groups excluding carboxylic acids is 1. The van der Waals surface area contributed by atoms with E-state index in [0.717, 1.165) is 5.57 Å². The second-order valence-electron chi connectivity index (χ2n) is 3.45. The molecule has 1 aliphatic heterocycles. The number of cyclic esters (lactones) is 1. The third kappa shape index (κ3) is 1.89. The van der Waals surface area contributed by atoms with E-state index in [1.807, 2.05) is 0 Å². The Morgan fingerprint density at radius 2 is 2.33 bits per heavy atom. The standard InChI is InChI=1S/C11H11NO3/c1-7-6-9(13)15-11(7)10(14)8-4-2-3-5-12-8/h2-6,10-11,14H,1H3/t10-,11+/m1/s1. The smallest absolute Gasteiger partial charge is 0.331 e. The van der Waals surface area contributed by atoms with E-state index in [1.165, 1.54) is 6.08 Å². The molecule has 1 aromatic rings. The molecule has 2 atom stereocenters. The number of hydrogen-bond acceptors (Lipinski definition) is 4. The van der Waals surface area contributed by atoms with Gasteiger partial charge in [0.05, 0.1) is 5.69 Å².